The van der Waals surface area contributed by atoms with Crippen LogP contribution in [-0.2, 0) is 6.42 Å². The number of hydrogen-bond acceptors (Lipinski definition) is 3. The molecule has 3 nitrogen and oxygen atoms in total. The van der Waals surface area contributed by atoms with Crippen molar-refractivity contribution in [3.05, 3.63) is 48.2 Å². The van der Waals surface area contributed by atoms with Gasteiger partial charge in [-0.05, 0) is 30.2 Å². The Morgan fingerprint density at radius 1 is 1.12 bits per heavy atom. The van der Waals surface area contributed by atoms with Gasteiger partial charge in [-0.3, -0.25) is 0 Å². The van der Waals surface area contributed by atoms with Gasteiger partial charge in [0.2, 0.25) is 0 Å². The molecule has 0 saturated carbocycles. The van der Waals surface area contributed by atoms with Crippen molar-refractivity contribution < 1.29 is 4.74 Å². The summed E-state index contributed by atoms with van der Waals surface area (Å²) in [5, 5.41) is 0. The van der Waals surface area contributed by atoms with E-state index in [9.17, 15) is 0 Å². The fourth-order valence-electron chi connectivity index (χ4n) is 1.42. The van der Waals surface area contributed by atoms with Crippen LogP contribution in [0.2, 0.25) is 0 Å². The van der Waals surface area contributed by atoms with Crippen LogP contribution < -0.4 is 10.5 Å². The molecule has 2 rings (SSSR count). The fourth-order valence-corrected chi connectivity index (χ4v) is 1.42. The molecule has 0 amide bonds. The molecule has 1 aromatic carbocycles. The lowest BCUT2D eigenvalue weighted by molar-refractivity contribution is 0.482. The lowest BCUT2D eigenvalue weighted by Crippen LogP contribution is -1.90. The van der Waals surface area contributed by atoms with E-state index in [1.54, 1.807) is 18.3 Å². The molecular formula is C13H14N2O. The second kappa shape index (κ2) is 4.66. The molecule has 2 aromatic rings. The average molecular weight is 214 g/mol. The maximum Gasteiger partial charge on any atom is 0.132 e. The van der Waals surface area contributed by atoms with E-state index >= 15 is 0 Å². The van der Waals surface area contributed by atoms with Crippen LogP contribution in [0.25, 0.3) is 0 Å². The van der Waals surface area contributed by atoms with Gasteiger partial charge in [-0.2, -0.15) is 0 Å². The molecule has 0 spiro atoms. The minimum absolute atomic E-state index is 0.461. The first-order chi connectivity index (χ1) is 7.78. The number of aryl methyl sites for hydroxylation is 1. The number of pyridine rings is 1. The molecule has 3 heteroatoms. The molecule has 1 heterocycles. The Kier molecular flexibility index (Phi) is 3.05. The van der Waals surface area contributed by atoms with Crippen molar-refractivity contribution in [1.29, 1.82) is 0 Å². The largest absolute Gasteiger partial charge is 0.457 e. The molecule has 0 saturated heterocycles. The lowest BCUT2D eigenvalue weighted by Gasteiger charge is -2.06. The summed E-state index contributed by atoms with van der Waals surface area (Å²) in [6.07, 6.45) is 2.66. The van der Waals surface area contributed by atoms with Crippen LogP contribution >= 0.6 is 0 Å². The molecule has 0 radical (unpaired) electrons. The summed E-state index contributed by atoms with van der Waals surface area (Å²) in [7, 11) is 0. The highest BCUT2D eigenvalue weighted by atomic mass is 16.5. The van der Waals surface area contributed by atoms with E-state index in [1.165, 1.54) is 5.56 Å². The summed E-state index contributed by atoms with van der Waals surface area (Å²) >= 11 is 0. The SMILES string of the molecule is CCc1ccc(Oc2ccnc(N)c2)cc1. The third kappa shape index (κ3) is 2.51. The van der Waals surface area contributed by atoms with E-state index in [4.69, 9.17) is 10.5 Å². The van der Waals surface area contributed by atoms with E-state index in [0.29, 0.717) is 11.6 Å². The van der Waals surface area contributed by atoms with Gasteiger partial charge in [0.05, 0.1) is 0 Å². The van der Waals surface area contributed by atoms with E-state index in [-0.39, 0.29) is 0 Å². The zero-order valence-electron chi connectivity index (χ0n) is 9.18. The monoisotopic (exact) mass is 214 g/mol. The van der Waals surface area contributed by atoms with Crippen LogP contribution in [0.4, 0.5) is 5.82 Å². The van der Waals surface area contributed by atoms with Crippen LogP contribution in [-0.4, -0.2) is 4.98 Å². The predicted octanol–water partition coefficient (Wildman–Crippen LogP) is 3.02. The maximum absolute atomic E-state index is 5.64. The van der Waals surface area contributed by atoms with E-state index in [0.717, 1.165) is 12.2 Å². The van der Waals surface area contributed by atoms with Crippen LogP contribution in [0.3, 0.4) is 0 Å². The van der Waals surface area contributed by atoms with Crippen molar-refractivity contribution in [2.75, 3.05) is 5.73 Å². The Balaban J connectivity index is 2.14. The lowest BCUT2D eigenvalue weighted by atomic mass is 10.2. The number of ether oxygens (including phenoxy) is 1. The Hall–Kier alpha value is -2.03. The highest BCUT2D eigenvalue weighted by Gasteiger charge is 1.98. The number of nitrogen functional groups attached to an aromatic ring is 1. The zero-order valence-corrected chi connectivity index (χ0v) is 9.18. The average Bonchev–Trinajstić information content (AvgIpc) is 2.30. The second-order valence-corrected chi connectivity index (χ2v) is 3.52. The van der Waals surface area contributed by atoms with Crippen LogP contribution in [0, 0.1) is 0 Å². The number of aromatic nitrogens is 1. The summed E-state index contributed by atoms with van der Waals surface area (Å²) in [5.74, 6) is 1.97. The Bertz CT molecular complexity index is 466. The minimum Gasteiger partial charge on any atom is -0.457 e. The molecule has 0 aliphatic carbocycles. The third-order valence-electron chi connectivity index (χ3n) is 2.32. The van der Waals surface area contributed by atoms with Crippen molar-refractivity contribution in [3.8, 4) is 11.5 Å². The van der Waals surface area contributed by atoms with Gasteiger partial charge in [-0.25, -0.2) is 4.98 Å². The number of anilines is 1. The quantitative estimate of drug-likeness (QED) is 0.854. The van der Waals surface area contributed by atoms with Crippen molar-refractivity contribution in [1.82, 2.24) is 4.98 Å². The molecule has 82 valence electrons. The number of nitrogens with two attached hydrogens (primary N) is 1. The van der Waals surface area contributed by atoms with Crippen molar-refractivity contribution >= 4 is 5.82 Å². The predicted molar refractivity (Wildman–Crippen MR) is 64.5 cm³/mol. The van der Waals surface area contributed by atoms with E-state index in [2.05, 4.69) is 24.0 Å². The normalized spacial score (nSPS) is 10.1. The van der Waals surface area contributed by atoms with Gasteiger partial charge < -0.3 is 10.5 Å². The molecular weight excluding hydrogens is 200 g/mol. The van der Waals surface area contributed by atoms with Crippen molar-refractivity contribution in [2.24, 2.45) is 0 Å². The first kappa shape index (κ1) is 10.5. The fraction of sp³-hybridized carbons (Fsp3) is 0.154. The van der Waals surface area contributed by atoms with Gasteiger partial charge in [0.25, 0.3) is 0 Å². The molecule has 0 unspecified atom stereocenters. The molecule has 0 atom stereocenters. The molecule has 16 heavy (non-hydrogen) atoms. The number of hydrogen-bond donors (Lipinski definition) is 1. The van der Waals surface area contributed by atoms with Crippen LogP contribution in [0.1, 0.15) is 12.5 Å². The number of rotatable bonds is 3. The number of benzene rings is 1. The van der Waals surface area contributed by atoms with E-state index < -0.39 is 0 Å². The summed E-state index contributed by atoms with van der Waals surface area (Å²) in [6, 6.07) is 11.5. The molecule has 0 aliphatic rings. The van der Waals surface area contributed by atoms with Gasteiger partial charge in [-0.1, -0.05) is 19.1 Å². The molecule has 2 N–H and O–H groups in total. The van der Waals surface area contributed by atoms with Gasteiger partial charge in [0, 0.05) is 12.3 Å². The summed E-state index contributed by atoms with van der Waals surface area (Å²) in [5.41, 5.74) is 6.86. The Morgan fingerprint density at radius 3 is 2.50 bits per heavy atom. The first-order valence-corrected chi connectivity index (χ1v) is 5.26. The van der Waals surface area contributed by atoms with Crippen LogP contribution in [0.5, 0.6) is 11.5 Å². The van der Waals surface area contributed by atoms with E-state index in [1.807, 2.05) is 12.1 Å². The minimum atomic E-state index is 0.461. The Morgan fingerprint density at radius 2 is 1.88 bits per heavy atom. The molecule has 0 fully saturated rings. The zero-order chi connectivity index (χ0) is 11.4. The topological polar surface area (TPSA) is 48.1 Å². The van der Waals surface area contributed by atoms with Gasteiger partial charge in [-0.15, -0.1) is 0 Å². The number of nitrogens with zero attached hydrogens (tertiary/aromatic N) is 1. The second-order valence-electron chi connectivity index (χ2n) is 3.52. The first-order valence-electron chi connectivity index (χ1n) is 5.26. The Labute approximate surface area is 94.9 Å². The molecule has 0 bridgehead atoms. The van der Waals surface area contributed by atoms with Gasteiger partial charge >= 0.3 is 0 Å². The summed E-state index contributed by atoms with van der Waals surface area (Å²) in [6.45, 7) is 2.12. The van der Waals surface area contributed by atoms with Gasteiger partial charge in [0.15, 0.2) is 0 Å². The maximum atomic E-state index is 5.64. The molecule has 0 aliphatic heterocycles. The third-order valence-corrected chi connectivity index (χ3v) is 2.32. The summed E-state index contributed by atoms with van der Waals surface area (Å²) < 4.78 is 5.64. The standard InChI is InChI=1S/C13H14N2O/c1-2-10-3-5-11(6-4-10)16-12-7-8-15-13(14)9-12/h3-9H,2H2,1H3,(H2,14,15). The smallest absolute Gasteiger partial charge is 0.132 e. The summed E-state index contributed by atoms with van der Waals surface area (Å²) in [4.78, 5) is 3.91. The highest BCUT2D eigenvalue weighted by Crippen LogP contribution is 2.22. The highest BCUT2D eigenvalue weighted by molar-refractivity contribution is 5.39. The van der Waals surface area contributed by atoms with Crippen molar-refractivity contribution in [2.45, 2.75) is 13.3 Å². The molecule has 1 aromatic heterocycles. The van der Waals surface area contributed by atoms with Crippen LogP contribution in [0.15, 0.2) is 42.6 Å². The van der Waals surface area contributed by atoms with Crippen molar-refractivity contribution in [3.63, 3.8) is 0 Å². The van der Waals surface area contributed by atoms with Gasteiger partial charge in [0.1, 0.15) is 17.3 Å².